The molecule has 1 N–H and O–H groups in total. The van der Waals surface area contributed by atoms with Crippen molar-refractivity contribution >= 4 is 12.2 Å². The minimum atomic E-state index is 0.364. The van der Waals surface area contributed by atoms with E-state index in [4.69, 9.17) is 12.2 Å². The predicted molar refractivity (Wildman–Crippen MR) is 78.3 cm³/mol. The number of aryl methyl sites for hydroxylation is 1. The minimum absolute atomic E-state index is 0.364. The molecule has 18 heavy (non-hydrogen) atoms. The molecule has 0 amide bonds. The summed E-state index contributed by atoms with van der Waals surface area (Å²) in [4.78, 5) is 7.44. The highest BCUT2D eigenvalue weighted by Gasteiger charge is 2.11. The van der Waals surface area contributed by atoms with Gasteiger partial charge in [0.2, 0.25) is 0 Å². The molecule has 2 aromatic rings. The molecule has 1 aromatic heterocycles. The second-order valence-corrected chi connectivity index (χ2v) is 5.09. The van der Waals surface area contributed by atoms with Crippen molar-refractivity contribution in [2.24, 2.45) is 0 Å². The molecule has 0 saturated heterocycles. The van der Waals surface area contributed by atoms with Gasteiger partial charge in [0.25, 0.3) is 0 Å². The maximum Gasteiger partial charge on any atom is 0.133 e. The Balaban J connectivity index is 2.63. The highest BCUT2D eigenvalue weighted by Crippen LogP contribution is 2.27. The minimum Gasteiger partial charge on any atom is -0.346 e. The van der Waals surface area contributed by atoms with E-state index < -0.39 is 0 Å². The number of benzene rings is 1. The second-order valence-electron chi connectivity index (χ2n) is 4.70. The van der Waals surface area contributed by atoms with Gasteiger partial charge >= 0.3 is 0 Å². The molecule has 1 heterocycles. The smallest absolute Gasteiger partial charge is 0.133 e. The summed E-state index contributed by atoms with van der Waals surface area (Å²) < 4.78 is 0.695. The van der Waals surface area contributed by atoms with Crippen molar-refractivity contribution in [3.8, 4) is 11.3 Å². The van der Waals surface area contributed by atoms with Crippen LogP contribution in [0.1, 0.15) is 37.8 Å². The van der Waals surface area contributed by atoms with Gasteiger partial charge in [-0.25, -0.2) is 4.98 Å². The highest BCUT2D eigenvalue weighted by molar-refractivity contribution is 7.71. The van der Waals surface area contributed by atoms with Crippen LogP contribution in [0.2, 0.25) is 0 Å². The zero-order valence-corrected chi connectivity index (χ0v) is 11.8. The molecule has 0 unspecified atom stereocenters. The van der Waals surface area contributed by atoms with Crippen molar-refractivity contribution < 1.29 is 0 Å². The van der Waals surface area contributed by atoms with Crippen LogP contribution in [0.25, 0.3) is 11.3 Å². The summed E-state index contributed by atoms with van der Waals surface area (Å²) in [5.74, 6) is 0.364. The van der Waals surface area contributed by atoms with Gasteiger partial charge in [-0.05, 0) is 29.5 Å². The fourth-order valence-electron chi connectivity index (χ4n) is 2.13. The molecule has 94 valence electrons. The van der Waals surface area contributed by atoms with Crippen LogP contribution in [0.4, 0.5) is 0 Å². The maximum atomic E-state index is 5.35. The summed E-state index contributed by atoms with van der Waals surface area (Å²) in [6.07, 6.45) is 2.72. The van der Waals surface area contributed by atoms with E-state index in [1.165, 1.54) is 11.1 Å². The molecule has 0 aliphatic carbocycles. The Morgan fingerprint density at radius 3 is 2.78 bits per heavy atom. The van der Waals surface area contributed by atoms with Crippen LogP contribution < -0.4 is 0 Å². The Hall–Kier alpha value is -1.48. The number of hydrogen-bond donors (Lipinski definition) is 1. The van der Waals surface area contributed by atoms with Crippen LogP contribution in [-0.4, -0.2) is 9.97 Å². The molecule has 0 aliphatic rings. The Morgan fingerprint density at radius 2 is 2.11 bits per heavy atom. The Bertz CT molecular complexity index is 599. The number of hydrogen-bond acceptors (Lipinski definition) is 2. The molecule has 0 atom stereocenters. The van der Waals surface area contributed by atoms with E-state index in [0.29, 0.717) is 10.6 Å². The third kappa shape index (κ3) is 2.51. The second kappa shape index (κ2) is 5.44. The van der Waals surface area contributed by atoms with Gasteiger partial charge in [-0.1, -0.05) is 51.2 Å². The van der Waals surface area contributed by atoms with Gasteiger partial charge in [0.1, 0.15) is 4.64 Å². The summed E-state index contributed by atoms with van der Waals surface area (Å²) in [5, 5.41) is 0. The molecule has 0 saturated carbocycles. The van der Waals surface area contributed by atoms with Gasteiger partial charge in [-0.15, -0.1) is 0 Å². The summed E-state index contributed by atoms with van der Waals surface area (Å²) in [6.45, 7) is 6.46. The molecule has 0 radical (unpaired) electrons. The zero-order chi connectivity index (χ0) is 13.1. The fourth-order valence-corrected chi connectivity index (χ4v) is 2.52. The number of aromatic nitrogens is 2. The first-order valence-electron chi connectivity index (χ1n) is 6.30. The van der Waals surface area contributed by atoms with Crippen molar-refractivity contribution in [2.75, 3.05) is 0 Å². The van der Waals surface area contributed by atoms with E-state index in [0.717, 1.165) is 17.7 Å². The molecule has 2 nitrogen and oxygen atoms in total. The van der Waals surface area contributed by atoms with E-state index in [1.54, 1.807) is 6.33 Å². The standard InChI is InChI=1S/C15H18N2S/c1-4-11-6-5-7-12(8-11)14-13(10(2)3)15(18)17-9-16-14/h5-10H,4H2,1-3H3,(H,16,17,18). The molecule has 2 rings (SSSR count). The molecular weight excluding hydrogens is 240 g/mol. The lowest BCUT2D eigenvalue weighted by Gasteiger charge is -2.13. The molecule has 0 spiro atoms. The van der Waals surface area contributed by atoms with Crippen molar-refractivity contribution in [1.82, 2.24) is 9.97 Å². The van der Waals surface area contributed by atoms with E-state index in [2.05, 4.69) is 55.0 Å². The number of rotatable bonds is 3. The number of nitrogens with zero attached hydrogens (tertiary/aromatic N) is 1. The van der Waals surface area contributed by atoms with E-state index in [9.17, 15) is 0 Å². The average Bonchev–Trinajstić information content (AvgIpc) is 2.38. The molecule has 0 fully saturated rings. The van der Waals surface area contributed by atoms with Crippen LogP contribution in [0.15, 0.2) is 30.6 Å². The number of nitrogens with one attached hydrogen (secondary N) is 1. The Kier molecular flexibility index (Phi) is 3.92. The SMILES string of the molecule is CCc1cccc(-c2[nH]cnc(=S)c2C(C)C)c1. The average molecular weight is 258 g/mol. The zero-order valence-electron chi connectivity index (χ0n) is 11.0. The van der Waals surface area contributed by atoms with Crippen molar-refractivity contribution in [3.05, 3.63) is 46.4 Å². The largest absolute Gasteiger partial charge is 0.346 e. The first kappa shape index (κ1) is 13.0. The van der Waals surface area contributed by atoms with E-state index >= 15 is 0 Å². The van der Waals surface area contributed by atoms with Gasteiger partial charge < -0.3 is 4.98 Å². The lowest BCUT2D eigenvalue weighted by molar-refractivity contribution is 0.843. The van der Waals surface area contributed by atoms with Gasteiger partial charge in [0.15, 0.2) is 0 Å². The number of H-pyrrole nitrogens is 1. The van der Waals surface area contributed by atoms with E-state index in [1.807, 2.05) is 0 Å². The lowest BCUT2D eigenvalue weighted by Crippen LogP contribution is -1.99. The Morgan fingerprint density at radius 1 is 1.33 bits per heavy atom. The molecule has 0 aliphatic heterocycles. The fraction of sp³-hybridized carbons (Fsp3) is 0.333. The Labute approximate surface area is 113 Å². The summed E-state index contributed by atoms with van der Waals surface area (Å²) in [7, 11) is 0. The van der Waals surface area contributed by atoms with E-state index in [-0.39, 0.29) is 0 Å². The lowest BCUT2D eigenvalue weighted by atomic mass is 9.97. The van der Waals surface area contributed by atoms with Crippen LogP contribution in [0.5, 0.6) is 0 Å². The molecule has 3 heteroatoms. The molecular formula is C15H18N2S. The predicted octanol–water partition coefficient (Wildman–Crippen LogP) is 4.49. The number of aromatic amines is 1. The summed E-state index contributed by atoms with van der Waals surface area (Å²) in [5.41, 5.74) is 4.74. The molecule has 0 bridgehead atoms. The van der Waals surface area contributed by atoms with Crippen LogP contribution >= 0.6 is 12.2 Å². The van der Waals surface area contributed by atoms with Crippen molar-refractivity contribution in [3.63, 3.8) is 0 Å². The van der Waals surface area contributed by atoms with Gasteiger partial charge in [-0.3, -0.25) is 0 Å². The maximum absolute atomic E-state index is 5.35. The third-order valence-electron chi connectivity index (χ3n) is 3.09. The first-order chi connectivity index (χ1) is 8.63. The van der Waals surface area contributed by atoms with Crippen LogP contribution in [0, 0.1) is 4.64 Å². The van der Waals surface area contributed by atoms with Gasteiger partial charge in [0.05, 0.1) is 12.0 Å². The van der Waals surface area contributed by atoms with Crippen LogP contribution in [0.3, 0.4) is 0 Å². The van der Waals surface area contributed by atoms with Gasteiger partial charge in [-0.2, -0.15) is 0 Å². The summed E-state index contributed by atoms with van der Waals surface area (Å²) >= 11 is 5.35. The van der Waals surface area contributed by atoms with Crippen LogP contribution in [-0.2, 0) is 6.42 Å². The quantitative estimate of drug-likeness (QED) is 0.822. The van der Waals surface area contributed by atoms with Crippen molar-refractivity contribution in [2.45, 2.75) is 33.1 Å². The normalized spacial score (nSPS) is 10.9. The molecule has 1 aromatic carbocycles. The monoisotopic (exact) mass is 258 g/mol. The summed E-state index contributed by atoms with van der Waals surface area (Å²) in [6, 6.07) is 8.57. The topological polar surface area (TPSA) is 28.7 Å². The highest BCUT2D eigenvalue weighted by atomic mass is 32.1. The van der Waals surface area contributed by atoms with Crippen molar-refractivity contribution in [1.29, 1.82) is 0 Å². The van der Waals surface area contributed by atoms with Gasteiger partial charge in [0, 0.05) is 5.56 Å². The third-order valence-corrected chi connectivity index (χ3v) is 3.42. The first-order valence-corrected chi connectivity index (χ1v) is 6.71.